The predicted octanol–water partition coefficient (Wildman–Crippen LogP) is 2.99. The Bertz CT molecular complexity index is 494. The fourth-order valence-electron chi connectivity index (χ4n) is 1.81. The maximum atomic E-state index is 13.5. The van der Waals surface area contributed by atoms with Gasteiger partial charge in [0.15, 0.2) is 0 Å². The van der Waals surface area contributed by atoms with E-state index in [1.165, 1.54) is 18.2 Å². The van der Waals surface area contributed by atoms with E-state index in [4.69, 9.17) is 0 Å². The van der Waals surface area contributed by atoms with Gasteiger partial charge >= 0.3 is 0 Å². The first-order valence-electron chi connectivity index (χ1n) is 5.67. The van der Waals surface area contributed by atoms with Crippen molar-refractivity contribution in [1.29, 1.82) is 0 Å². The number of nitrogens with zero attached hydrogens (tertiary/aromatic N) is 2. The van der Waals surface area contributed by atoms with Gasteiger partial charge in [0.25, 0.3) is 0 Å². The lowest BCUT2D eigenvalue weighted by molar-refractivity contribution is 0.307. The van der Waals surface area contributed by atoms with Crippen LogP contribution < -0.4 is 0 Å². The Morgan fingerprint density at radius 1 is 1.00 bits per heavy atom. The van der Waals surface area contributed by atoms with Crippen molar-refractivity contribution in [2.24, 2.45) is 0 Å². The molecule has 0 radical (unpaired) electrons. The summed E-state index contributed by atoms with van der Waals surface area (Å²) in [5.74, 6) is -1.01. The molecule has 0 N–H and O–H groups in total. The van der Waals surface area contributed by atoms with E-state index in [9.17, 15) is 8.78 Å². The van der Waals surface area contributed by atoms with Crippen LogP contribution in [0, 0.1) is 11.6 Å². The minimum Gasteiger partial charge on any atom is -0.298 e. The van der Waals surface area contributed by atoms with Gasteiger partial charge in [-0.2, -0.15) is 0 Å². The molecule has 0 aliphatic carbocycles. The van der Waals surface area contributed by atoms with Gasteiger partial charge in [0, 0.05) is 31.0 Å². The molecule has 0 unspecified atom stereocenters. The molecule has 0 fully saturated rings. The summed E-state index contributed by atoms with van der Waals surface area (Å²) >= 11 is 0. The van der Waals surface area contributed by atoms with Crippen molar-refractivity contribution < 1.29 is 8.78 Å². The van der Waals surface area contributed by atoms with Crippen LogP contribution in [0.25, 0.3) is 0 Å². The van der Waals surface area contributed by atoms with Crippen LogP contribution >= 0.6 is 0 Å². The van der Waals surface area contributed by atoms with Gasteiger partial charge in [-0.25, -0.2) is 8.78 Å². The van der Waals surface area contributed by atoms with Crippen LogP contribution in [-0.2, 0) is 13.1 Å². The van der Waals surface area contributed by atoms with Gasteiger partial charge in [0.1, 0.15) is 11.6 Å². The molecule has 0 amide bonds. The lowest BCUT2D eigenvalue weighted by atomic mass is 10.1. The SMILES string of the molecule is CN(Cc1ccncc1)Cc1c(F)cccc1F. The van der Waals surface area contributed by atoms with Crippen molar-refractivity contribution in [2.45, 2.75) is 13.1 Å². The standard InChI is InChI=1S/C14H14F2N2/c1-18(9-11-5-7-17-8-6-11)10-12-13(15)3-2-4-14(12)16/h2-8H,9-10H2,1H3. The van der Waals surface area contributed by atoms with Crippen molar-refractivity contribution >= 4 is 0 Å². The fourth-order valence-corrected chi connectivity index (χ4v) is 1.81. The molecule has 2 nitrogen and oxygen atoms in total. The third kappa shape index (κ3) is 3.11. The molecule has 0 atom stereocenters. The zero-order valence-corrected chi connectivity index (χ0v) is 10.1. The maximum Gasteiger partial charge on any atom is 0.130 e. The van der Waals surface area contributed by atoms with E-state index in [2.05, 4.69) is 4.98 Å². The van der Waals surface area contributed by atoms with E-state index in [0.717, 1.165) is 5.56 Å². The zero-order valence-electron chi connectivity index (χ0n) is 10.1. The smallest absolute Gasteiger partial charge is 0.130 e. The van der Waals surface area contributed by atoms with Crippen LogP contribution in [0.15, 0.2) is 42.7 Å². The number of hydrogen-bond donors (Lipinski definition) is 0. The highest BCUT2D eigenvalue weighted by molar-refractivity contribution is 5.19. The molecule has 4 heteroatoms. The van der Waals surface area contributed by atoms with Crippen LogP contribution in [-0.4, -0.2) is 16.9 Å². The second-order valence-electron chi connectivity index (χ2n) is 4.23. The Balaban J connectivity index is 2.06. The van der Waals surface area contributed by atoms with E-state index in [0.29, 0.717) is 6.54 Å². The molecule has 94 valence electrons. The quantitative estimate of drug-likeness (QED) is 0.827. The minimum absolute atomic E-state index is 0.106. The van der Waals surface area contributed by atoms with Gasteiger partial charge in [0.2, 0.25) is 0 Å². The summed E-state index contributed by atoms with van der Waals surface area (Å²) in [7, 11) is 1.83. The van der Waals surface area contributed by atoms with Crippen molar-refractivity contribution in [3.05, 3.63) is 65.5 Å². The summed E-state index contributed by atoms with van der Waals surface area (Å²) in [5, 5.41) is 0. The molecule has 0 saturated heterocycles. The normalized spacial score (nSPS) is 10.9. The van der Waals surface area contributed by atoms with Crippen molar-refractivity contribution in [1.82, 2.24) is 9.88 Å². The first-order valence-corrected chi connectivity index (χ1v) is 5.67. The molecule has 1 aromatic heterocycles. The lowest BCUT2D eigenvalue weighted by Gasteiger charge is -2.17. The summed E-state index contributed by atoms with van der Waals surface area (Å²) < 4.78 is 26.9. The molecular formula is C14H14F2N2. The van der Waals surface area contributed by atoms with Gasteiger partial charge in [-0.1, -0.05) is 6.07 Å². The third-order valence-corrected chi connectivity index (χ3v) is 2.69. The summed E-state index contributed by atoms with van der Waals surface area (Å²) in [5.41, 5.74) is 1.17. The fraction of sp³-hybridized carbons (Fsp3) is 0.214. The van der Waals surface area contributed by atoms with Crippen LogP contribution in [0.3, 0.4) is 0 Å². The first kappa shape index (κ1) is 12.6. The average molecular weight is 248 g/mol. The van der Waals surface area contributed by atoms with Gasteiger partial charge in [-0.05, 0) is 36.9 Å². The van der Waals surface area contributed by atoms with E-state index in [1.807, 2.05) is 24.1 Å². The van der Waals surface area contributed by atoms with E-state index in [1.54, 1.807) is 12.4 Å². The Labute approximate surface area is 105 Å². The topological polar surface area (TPSA) is 16.1 Å². The van der Waals surface area contributed by atoms with Gasteiger partial charge in [-0.3, -0.25) is 9.88 Å². The molecule has 1 heterocycles. The molecule has 0 bridgehead atoms. The summed E-state index contributed by atoms with van der Waals surface area (Å²) in [6.45, 7) is 0.858. The molecule has 18 heavy (non-hydrogen) atoms. The number of benzene rings is 1. The Hall–Kier alpha value is -1.81. The van der Waals surface area contributed by atoms with Crippen LogP contribution in [0.5, 0.6) is 0 Å². The third-order valence-electron chi connectivity index (χ3n) is 2.69. The molecule has 0 spiro atoms. The Morgan fingerprint density at radius 3 is 2.22 bits per heavy atom. The van der Waals surface area contributed by atoms with Gasteiger partial charge in [0.05, 0.1) is 0 Å². The highest BCUT2D eigenvalue weighted by atomic mass is 19.1. The monoisotopic (exact) mass is 248 g/mol. The zero-order chi connectivity index (χ0) is 13.0. The van der Waals surface area contributed by atoms with Gasteiger partial charge in [-0.15, -0.1) is 0 Å². The Kier molecular flexibility index (Phi) is 3.99. The average Bonchev–Trinajstić information content (AvgIpc) is 2.35. The minimum atomic E-state index is -0.503. The second-order valence-corrected chi connectivity index (χ2v) is 4.23. The summed E-state index contributed by atoms with van der Waals surface area (Å²) in [4.78, 5) is 5.78. The highest BCUT2D eigenvalue weighted by Crippen LogP contribution is 2.15. The highest BCUT2D eigenvalue weighted by Gasteiger charge is 2.10. The lowest BCUT2D eigenvalue weighted by Crippen LogP contribution is -2.19. The van der Waals surface area contributed by atoms with Crippen molar-refractivity contribution in [3.8, 4) is 0 Å². The van der Waals surface area contributed by atoms with E-state index >= 15 is 0 Å². The van der Waals surface area contributed by atoms with E-state index in [-0.39, 0.29) is 12.1 Å². The second kappa shape index (κ2) is 5.69. The van der Waals surface area contributed by atoms with E-state index < -0.39 is 11.6 Å². The molecule has 0 saturated carbocycles. The maximum absolute atomic E-state index is 13.5. The molecule has 0 aliphatic rings. The first-order chi connectivity index (χ1) is 8.66. The number of aromatic nitrogens is 1. The van der Waals surface area contributed by atoms with Crippen molar-refractivity contribution in [3.63, 3.8) is 0 Å². The molecule has 1 aromatic carbocycles. The molecule has 2 rings (SSSR count). The number of pyridine rings is 1. The molecular weight excluding hydrogens is 234 g/mol. The number of hydrogen-bond acceptors (Lipinski definition) is 2. The summed E-state index contributed by atoms with van der Waals surface area (Å²) in [6.07, 6.45) is 3.40. The van der Waals surface area contributed by atoms with Gasteiger partial charge < -0.3 is 0 Å². The molecule has 2 aromatic rings. The largest absolute Gasteiger partial charge is 0.298 e. The van der Waals surface area contributed by atoms with Crippen molar-refractivity contribution in [2.75, 3.05) is 7.05 Å². The van der Waals surface area contributed by atoms with Crippen LogP contribution in [0.2, 0.25) is 0 Å². The molecule has 0 aliphatic heterocycles. The van der Waals surface area contributed by atoms with Crippen LogP contribution in [0.1, 0.15) is 11.1 Å². The number of rotatable bonds is 4. The number of halogens is 2. The predicted molar refractivity (Wildman–Crippen MR) is 65.8 cm³/mol. The van der Waals surface area contributed by atoms with Crippen LogP contribution in [0.4, 0.5) is 8.78 Å². The summed E-state index contributed by atoms with van der Waals surface area (Å²) in [6, 6.07) is 7.69. The Morgan fingerprint density at radius 2 is 1.61 bits per heavy atom.